The molecule has 0 aliphatic heterocycles. The minimum absolute atomic E-state index is 0.0831. The van der Waals surface area contributed by atoms with E-state index in [0.29, 0.717) is 26.8 Å². The zero-order valence-corrected chi connectivity index (χ0v) is 17.3. The molecule has 0 aliphatic carbocycles. The van der Waals surface area contributed by atoms with Gasteiger partial charge in [-0.1, -0.05) is 71.7 Å². The molecule has 4 aromatic rings. The first-order valence-electron chi connectivity index (χ1n) is 9.33. The van der Waals surface area contributed by atoms with E-state index >= 15 is 0 Å². The molecule has 0 spiro atoms. The molecular formula is C23H17Cl2N3O2. The van der Waals surface area contributed by atoms with Crippen LogP contribution in [-0.4, -0.2) is 15.7 Å². The summed E-state index contributed by atoms with van der Waals surface area (Å²) in [4.78, 5) is 25.3. The van der Waals surface area contributed by atoms with Gasteiger partial charge in [-0.15, -0.1) is 0 Å². The molecule has 1 aromatic heterocycles. The smallest absolute Gasteiger partial charge is 0.274 e. The standard InChI is InChI=1S/C23H17Cl2N3O2/c24-19-11-10-16(14-20(19)25)26-21(29)12-13-28-23(30)18-9-5-4-8-17(18)22(27-28)15-6-2-1-3-7-15/h1-11,14H,12-13H2,(H,26,29). The van der Waals surface area contributed by atoms with Crippen molar-refractivity contribution in [2.24, 2.45) is 0 Å². The van der Waals surface area contributed by atoms with Crippen molar-refractivity contribution in [3.05, 3.63) is 93.2 Å². The average molecular weight is 438 g/mol. The monoisotopic (exact) mass is 437 g/mol. The van der Waals surface area contributed by atoms with Gasteiger partial charge < -0.3 is 5.32 Å². The number of benzene rings is 3. The SMILES string of the molecule is O=C(CCn1nc(-c2ccccc2)c2ccccc2c1=O)Nc1ccc(Cl)c(Cl)c1. The fourth-order valence-electron chi connectivity index (χ4n) is 3.20. The summed E-state index contributed by atoms with van der Waals surface area (Å²) in [5.41, 5.74) is 1.92. The van der Waals surface area contributed by atoms with Crippen LogP contribution in [-0.2, 0) is 11.3 Å². The maximum atomic E-state index is 12.9. The number of aryl methyl sites for hydroxylation is 1. The van der Waals surface area contributed by atoms with E-state index in [2.05, 4.69) is 10.4 Å². The first kappa shape index (κ1) is 20.1. The van der Waals surface area contributed by atoms with Crippen molar-refractivity contribution >= 4 is 45.6 Å². The summed E-state index contributed by atoms with van der Waals surface area (Å²) in [5.74, 6) is -0.253. The van der Waals surface area contributed by atoms with E-state index in [4.69, 9.17) is 23.2 Å². The first-order chi connectivity index (χ1) is 14.5. The van der Waals surface area contributed by atoms with Crippen molar-refractivity contribution < 1.29 is 4.79 Å². The number of halogens is 2. The van der Waals surface area contributed by atoms with Crippen LogP contribution in [0, 0.1) is 0 Å². The molecule has 0 aliphatic rings. The Morgan fingerprint density at radius 2 is 1.60 bits per heavy atom. The maximum absolute atomic E-state index is 12.9. The minimum Gasteiger partial charge on any atom is -0.326 e. The summed E-state index contributed by atoms with van der Waals surface area (Å²) in [6, 6.07) is 21.9. The molecule has 0 radical (unpaired) electrons. The third kappa shape index (κ3) is 4.22. The van der Waals surface area contributed by atoms with Crippen molar-refractivity contribution in [2.45, 2.75) is 13.0 Å². The summed E-state index contributed by atoms with van der Waals surface area (Å²) in [6.07, 6.45) is 0.0831. The number of fused-ring (bicyclic) bond motifs is 1. The lowest BCUT2D eigenvalue weighted by Crippen LogP contribution is -2.26. The molecule has 5 nitrogen and oxygen atoms in total. The van der Waals surface area contributed by atoms with Gasteiger partial charge in [0.25, 0.3) is 5.56 Å². The Kier molecular flexibility index (Phi) is 5.84. The highest BCUT2D eigenvalue weighted by atomic mass is 35.5. The number of nitrogens with one attached hydrogen (secondary N) is 1. The molecule has 1 heterocycles. The van der Waals surface area contributed by atoms with E-state index < -0.39 is 0 Å². The average Bonchev–Trinajstić information content (AvgIpc) is 2.76. The van der Waals surface area contributed by atoms with Gasteiger partial charge in [0.15, 0.2) is 0 Å². The van der Waals surface area contributed by atoms with Crippen molar-refractivity contribution in [2.75, 3.05) is 5.32 Å². The second-order valence-corrected chi connectivity index (χ2v) is 7.53. The number of anilines is 1. The van der Waals surface area contributed by atoms with Crippen LogP contribution in [0.1, 0.15) is 6.42 Å². The summed E-state index contributed by atoms with van der Waals surface area (Å²) in [5, 5.41) is 9.44. The van der Waals surface area contributed by atoms with E-state index in [-0.39, 0.29) is 24.4 Å². The number of rotatable bonds is 5. The maximum Gasteiger partial charge on any atom is 0.274 e. The molecule has 150 valence electrons. The largest absolute Gasteiger partial charge is 0.326 e. The van der Waals surface area contributed by atoms with Crippen LogP contribution in [0.3, 0.4) is 0 Å². The van der Waals surface area contributed by atoms with E-state index in [0.717, 1.165) is 10.9 Å². The fourth-order valence-corrected chi connectivity index (χ4v) is 3.50. The molecule has 0 fully saturated rings. The molecule has 30 heavy (non-hydrogen) atoms. The van der Waals surface area contributed by atoms with Gasteiger partial charge in [0.1, 0.15) is 0 Å². The molecule has 0 bridgehead atoms. The molecule has 4 rings (SSSR count). The highest BCUT2D eigenvalue weighted by Crippen LogP contribution is 2.26. The lowest BCUT2D eigenvalue weighted by molar-refractivity contribution is -0.116. The summed E-state index contributed by atoms with van der Waals surface area (Å²) in [7, 11) is 0. The van der Waals surface area contributed by atoms with E-state index in [9.17, 15) is 9.59 Å². The second-order valence-electron chi connectivity index (χ2n) is 6.72. The van der Waals surface area contributed by atoms with E-state index in [1.165, 1.54) is 4.68 Å². The van der Waals surface area contributed by atoms with Crippen LogP contribution in [0.5, 0.6) is 0 Å². The summed E-state index contributed by atoms with van der Waals surface area (Å²) < 4.78 is 1.35. The van der Waals surface area contributed by atoms with Crippen molar-refractivity contribution in [3.63, 3.8) is 0 Å². The number of hydrogen-bond donors (Lipinski definition) is 1. The van der Waals surface area contributed by atoms with Gasteiger partial charge in [0.2, 0.25) is 5.91 Å². The summed E-state index contributed by atoms with van der Waals surface area (Å²) >= 11 is 11.9. The van der Waals surface area contributed by atoms with Gasteiger partial charge in [0, 0.05) is 23.1 Å². The number of nitrogens with zero attached hydrogens (tertiary/aromatic N) is 2. The van der Waals surface area contributed by atoms with E-state index in [1.54, 1.807) is 24.3 Å². The molecule has 0 saturated heterocycles. The van der Waals surface area contributed by atoms with Crippen LogP contribution in [0.25, 0.3) is 22.0 Å². The quantitative estimate of drug-likeness (QED) is 0.454. The second kappa shape index (κ2) is 8.69. The Morgan fingerprint density at radius 3 is 2.33 bits per heavy atom. The van der Waals surface area contributed by atoms with Gasteiger partial charge in [-0.3, -0.25) is 9.59 Å². The van der Waals surface area contributed by atoms with Crippen molar-refractivity contribution in [1.82, 2.24) is 9.78 Å². The molecule has 1 N–H and O–H groups in total. The normalized spacial score (nSPS) is 10.9. The number of amides is 1. The van der Waals surface area contributed by atoms with Gasteiger partial charge in [-0.05, 0) is 24.3 Å². The third-order valence-corrected chi connectivity index (χ3v) is 5.41. The third-order valence-electron chi connectivity index (χ3n) is 4.67. The molecule has 7 heteroatoms. The van der Waals surface area contributed by atoms with Crippen LogP contribution in [0.2, 0.25) is 10.0 Å². The number of hydrogen-bond acceptors (Lipinski definition) is 3. The summed E-state index contributed by atoms with van der Waals surface area (Å²) in [6.45, 7) is 0.149. The highest BCUT2D eigenvalue weighted by Gasteiger charge is 2.13. The zero-order chi connectivity index (χ0) is 21.1. The Balaban J connectivity index is 1.61. The lowest BCUT2D eigenvalue weighted by atomic mass is 10.1. The van der Waals surface area contributed by atoms with Gasteiger partial charge >= 0.3 is 0 Å². The number of carbonyl (C=O) groups excluding carboxylic acids is 1. The Hall–Kier alpha value is -3.15. The van der Waals surface area contributed by atoms with Crippen LogP contribution in [0.15, 0.2) is 77.6 Å². The highest BCUT2D eigenvalue weighted by molar-refractivity contribution is 6.42. The number of aromatic nitrogens is 2. The number of carbonyl (C=O) groups is 1. The molecule has 0 atom stereocenters. The molecule has 1 amide bonds. The van der Waals surface area contributed by atoms with Crippen LogP contribution < -0.4 is 10.9 Å². The van der Waals surface area contributed by atoms with Gasteiger partial charge in [0.05, 0.1) is 27.7 Å². The Bertz CT molecular complexity index is 1290. The fraction of sp³-hybridized carbons (Fsp3) is 0.0870. The molecule has 0 saturated carbocycles. The molecule has 3 aromatic carbocycles. The predicted molar refractivity (Wildman–Crippen MR) is 121 cm³/mol. The Morgan fingerprint density at radius 1 is 0.900 bits per heavy atom. The van der Waals surface area contributed by atoms with E-state index in [1.807, 2.05) is 48.5 Å². The van der Waals surface area contributed by atoms with Crippen LogP contribution >= 0.6 is 23.2 Å². The minimum atomic E-state index is -0.253. The first-order valence-corrected chi connectivity index (χ1v) is 10.1. The zero-order valence-electron chi connectivity index (χ0n) is 15.8. The van der Waals surface area contributed by atoms with Crippen molar-refractivity contribution in [3.8, 4) is 11.3 Å². The van der Waals surface area contributed by atoms with Gasteiger partial charge in [-0.25, -0.2) is 4.68 Å². The lowest BCUT2D eigenvalue weighted by Gasteiger charge is -2.11. The molecular weight excluding hydrogens is 421 g/mol. The van der Waals surface area contributed by atoms with Gasteiger partial charge in [-0.2, -0.15) is 5.10 Å². The molecule has 0 unspecified atom stereocenters. The predicted octanol–water partition coefficient (Wildman–Crippen LogP) is 5.40. The topological polar surface area (TPSA) is 64.0 Å². The van der Waals surface area contributed by atoms with Crippen LogP contribution in [0.4, 0.5) is 5.69 Å². The Labute approximate surface area is 182 Å². The van der Waals surface area contributed by atoms with Crippen molar-refractivity contribution in [1.29, 1.82) is 0 Å².